The Balaban J connectivity index is 2.99. The molecule has 0 aliphatic heterocycles. The van der Waals surface area contributed by atoms with Crippen molar-refractivity contribution in [2.75, 3.05) is 17.7 Å². The predicted molar refractivity (Wildman–Crippen MR) is 68.6 cm³/mol. The Hall–Kier alpha value is -0.960. The van der Waals surface area contributed by atoms with Crippen LogP contribution in [0.15, 0.2) is 12.1 Å². The third-order valence-electron chi connectivity index (χ3n) is 2.82. The van der Waals surface area contributed by atoms with Gasteiger partial charge in [-0.25, -0.2) is 4.39 Å². The van der Waals surface area contributed by atoms with E-state index in [0.717, 1.165) is 18.5 Å². The van der Waals surface area contributed by atoms with Crippen molar-refractivity contribution in [2.45, 2.75) is 32.7 Å². The first-order valence-electron chi connectivity index (χ1n) is 5.44. The van der Waals surface area contributed by atoms with Crippen LogP contribution in [0.25, 0.3) is 0 Å². The van der Waals surface area contributed by atoms with Crippen molar-refractivity contribution in [3.8, 4) is 0 Å². The quantitative estimate of drug-likeness (QED) is 0.819. The molecule has 0 saturated carbocycles. The second-order valence-electron chi connectivity index (χ2n) is 4.07. The minimum absolute atomic E-state index is 0.111. The summed E-state index contributed by atoms with van der Waals surface area (Å²) in [5.41, 5.74) is 6.99. The van der Waals surface area contributed by atoms with Gasteiger partial charge in [-0.15, -0.1) is 0 Å². The van der Waals surface area contributed by atoms with Crippen molar-refractivity contribution >= 4 is 23.0 Å². The van der Waals surface area contributed by atoms with Gasteiger partial charge in [0.2, 0.25) is 0 Å². The number of nitrogen functional groups attached to an aromatic ring is 1. The molecule has 4 heteroatoms. The molecule has 0 radical (unpaired) electrons. The molecule has 1 rings (SSSR count). The molecule has 0 aliphatic carbocycles. The fourth-order valence-electron chi connectivity index (χ4n) is 1.71. The summed E-state index contributed by atoms with van der Waals surface area (Å²) in [5, 5.41) is 0.111. The SMILES string of the molecule is CCCC(C)N(C)c1cc(Cl)c(F)cc1N. The zero-order chi connectivity index (χ0) is 12.3. The number of benzene rings is 1. The van der Waals surface area contributed by atoms with E-state index < -0.39 is 5.82 Å². The molecule has 2 N–H and O–H groups in total. The predicted octanol–water partition coefficient (Wildman–Crippen LogP) is 3.69. The minimum Gasteiger partial charge on any atom is -0.397 e. The van der Waals surface area contributed by atoms with Crippen molar-refractivity contribution in [3.05, 3.63) is 23.0 Å². The average Bonchev–Trinajstić information content (AvgIpc) is 2.23. The Bertz CT molecular complexity index is 368. The van der Waals surface area contributed by atoms with E-state index in [9.17, 15) is 4.39 Å². The number of anilines is 2. The number of rotatable bonds is 4. The monoisotopic (exact) mass is 244 g/mol. The zero-order valence-corrected chi connectivity index (χ0v) is 10.7. The normalized spacial score (nSPS) is 12.6. The Labute approximate surface area is 101 Å². The molecule has 0 bridgehead atoms. The fourth-order valence-corrected chi connectivity index (χ4v) is 1.86. The van der Waals surface area contributed by atoms with Gasteiger partial charge in [0.05, 0.1) is 16.4 Å². The standard InChI is InChI=1S/C12H18ClFN2/c1-4-5-8(2)16(3)12-6-9(13)10(14)7-11(12)15/h6-8H,4-5,15H2,1-3H3. The molecular weight excluding hydrogens is 227 g/mol. The molecule has 90 valence electrons. The molecule has 0 heterocycles. The third-order valence-corrected chi connectivity index (χ3v) is 3.11. The highest BCUT2D eigenvalue weighted by Gasteiger charge is 2.14. The lowest BCUT2D eigenvalue weighted by molar-refractivity contribution is 0.612. The summed E-state index contributed by atoms with van der Waals surface area (Å²) in [6.45, 7) is 4.24. The van der Waals surface area contributed by atoms with Gasteiger partial charge in [0, 0.05) is 19.2 Å². The summed E-state index contributed by atoms with van der Waals surface area (Å²) in [5.74, 6) is -0.473. The molecule has 0 aliphatic rings. The molecule has 0 saturated heterocycles. The Morgan fingerprint density at radius 1 is 1.50 bits per heavy atom. The summed E-state index contributed by atoms with van der Waals surface area (Å²) in [6.07, 6.45) is 2.16. The van der Waals surface area contributed by atoms with Gasteiger partial charge in [-0.1, -0.05) is 24.9 Å². The second kappa shape index (κ2) is 5.39. The molecule has 0 fully saturated rings. The van der Waals surface area contributed by atoms with Crippen LogP contribution >= 0.6 is 11.6 Å². The minimum atomic E-state index is -0.473. The van der Waals surface area contributed by atoms with Crippen LogP contribution in [0.2, 0.25) is 5.02 Å². The molecule has 0 amide bonds. The van der Waals surface area contributed by atoms with Crippen molar-refractivity contribution in [1.29, 1.82) is 0 Å². The van der Waals surface area contributed by atoms with Crippen LogP contribution < -0.4 is 10.6 Å². The first-order chi connectivity index (χ1) is 7.47. The smallest absolute Gasteiger partial charge is 0.143 e. The van der Waals surface area contributed by atoms with Crippen LogP contribution in [0.4, 0.5) is 15.8 Å². The lowest BCUT2D eigenvalue weighted by atomic mass is 10.1. The van der Waals surface area contributed by atoms with E-state index in [0.29, 0.717) is 11.7 Å². The lowest BCUT2D eigenvalue weighted by Crippen LogP contribution is -2.29. The second-order valence-corrected chi connectivity index (χ2v) is 4.48. The van der Waals surface area contributed by atoms with Crippen molar-refractivity contribution in [2.24, 2.45) is 0 Å². The van der Waals surface area contributed by atoms with Crippen molar-refractivity contribution in [1.82, 2.24) is 0 Å². The van der Waals surface area contributed by atoms with Crippen LogP contribution in [0.3, 0.4) is 0 Å². The highest BCUT2D eigenvalue weighted by atomic mass is 35.5. The maximum absolute atomic E-state index is 13.1. The first-order valence-corrected chi connectivity index (χ1v) is 5.82. The lowest BCUT2D eigenvalue weighted by Gasteiger charge is -2.28. The highest BCUT2D eigenvalue weighted by molar-refractivity contribution is 6.31. The van der Waals surface area contributed by atoms with Gasteiger partial charge in [-0.3, -0.25) is 0 Å². The number of nitrogens with two attached hydrogens (primary N) is 1. The molecule has 16 heavy (non-hydrogen) atoms. The number of nitrogens with zero attached hydrogens (tertiary/aromatic N) is 1. The summed E-state index contributed by atoms with van der Waals surface area (Å²) < 4.78 is 13.1. The maximum atomic E-state index is 13.1. The van der Waals surface area contributed by atoms with Gasteiger partial charge in [-0.2, -0.15) is 0 Å². The largest absolute Gasteiger partial charge is 0.397 e. The van der Waals surface area contributed by atoms with E-state index in [-0.39, 0.29) is 5.02 Å². The zero-order valence-electron chi connectivity index (χ0n) is 9.93. The Morgan fingerprint density at radius 3 is 2.69 bits per heavy atom. The summed E-state index contributed by atoms with van der Waals surface area (Å²) >= 11 is 5.75. The van der Waals surface area contributed by atoms with E-state index in [4.69, 9.17) is 17.3 Å². The first kappa shape index (κ1) is 13.1. The number of hydrogen-bond donors (Lipinski definition) is 1. The van der Waals surface area contributed by atoms with Crippen molar-refractivity contribution < 1.29 is 4.39 Å². The molecule has 1 aromatic rings. The third kappa shape index (κ3) is 2.79. The highest BCUT2D eigenvalue weighted by Crippen LogP contribution is 2.30. The number of halogens is 2. The van der Waals surface area contributed by atoms with Gasteiger partial charge in [0.25, 0.3) is 0 Å². The summed E-state index contributed by atoms with van der Waals surface area (Å²) in [4.78, 5) is 2.03. The average molecular weight is 245 g/mol. The van der Waals surface area contributed by atoms with E-state index in [1.807, 2.05) is 11.9 Å². The van der Waals surface area contributed by atoms with Gasteiger partial charge in [0.15, 0.2) is 0 Å². The molecule has 1 unspecified atom stereocenters. The van der Waals surface area contributed by atoms with Gasteiger partial charge < -0.3 is 10.6 Å². The van der Waals surface area contributed by atoms with Crippen LogP contribution in [0.5, 0.6) is 0 Å². The van der Waals surface area contributed by atoms with Gasteiger partial charge in [-0.05, 0) is 19.4 Å². The maximum Gasteiger partial charge on any atom is 0.143 e. The fraction of sp³-hybridized carbons (Fsp3) is 0.500. The van der Waals surface area contributed by atoms with Crippen LogP contribution in [0, 0.1) is 5.82 Å². The molecule has 2 nitrogen and oxygen atoms in total. The van der Waals surface area contributed by atoms with Crippen molar-refractivity contribution in [3.63, 3.8) is 0 Å². The van der Waals surface area contributed by atoms with Crippen LogP contribution in [-0.4, -0.2) is 13.1 Å². The van der Waals surface area contributed by atoms with Gasteiger partial charge in [0.1, 0.15) is 5.82 Å². The number of hydrogen-bond acceptors (Lipinski definition) is 2. The summed E-state index contributed by atoms with van der Waals surface area (Å²) in [7, 11) is 1.94. The van der Waals surface area contributed by atoms with Crippen LogP contribution in [0.1, 0.15) is 26.7 Å². The van der Waals surface area contributed by atoms with E-state index in [2.05, 4.69) is 13.8 Å². The molecular formula is C12H18ClFN2. The van der Waals surface area contributed by atoms with E-state index in [1.165, 1.54) is 6.07 Å². The van der Waals surface area contributed by atoms with Crippen LogP contribution in [-0.2, 0) is 0 Å². The van der Waals surface area contributed by atoms with Gasteiger partial charge >= 0.3 is 0 Å². The van der Waals surface area contributed by atoms with E-state index >= 15 is 0 Å². The molecule has 1 atom stereocenters. The molecule has 0 aromatic heterocycles. The van der Waals surface area contributed by atoms with E-state index in [1.54, 1.807) is 6.07 Å². The topological polar surface area (TPSA) is 29.3 Å². The summed E-state index contributed by atoms with van der Waals surface area (Å²) in [6, 6.07) is 3.21. The Morgan fingerprint density at radius 2 is 2.12 bits per heavy atom. The Kier molecular flexibility index (Phi) is 4.42. The molecule has 1 aromatic carbocycles. The molecule has 0 spiro atoms.